The van der Waals surface area contributed by atoms with Crippen LogP contribution in [0.15, 0.2) is 72.8 Å². The molecule has 1 fully saturated rings. The molecule has 8 heteroatoms. The summed E-state index contributed by atoms with van der Waals surface area (Å²) in [7, 11) is 1.58. The summed E-state index contributed by atoms with van der Waals surface area (Å²) in [5, 5.41) is 5.35. The molecule has 34 heavy (non-hydrogen) atoms. The maximum Gasteiger partial charge on any atom is 0.325 e. The van der Waals surface area contributed by atoms with E-state index in [1.165, 1.54) is 31.2 Å². The number of nitrogens with one attached hydrogen (secondary N) is 2. The fourth-order valence-corrected chi connectivity index (χ4v) is 3.97. The predicted octanol–water partition coefficient (Wildman–Crippen LogP) is 3.83. The molecule has 1 atom stereocenters. The van der Waals surface area contributed by atoms with Crippen molar-refractivity contribution in [3.63, 3.8) is 0 Å². The summed E-state index contributed by atoms with van der Waals surface area (Å²) >= 11 is 0. The fraction of sp³-hybridized carbons (Fsp3) is 0.192. The van der Waals surface area contributed by atoms with Gasteiger partial charge in [-0.25, -0.2) is 9.18 Å². The molecular formula is C26H24FN3O4. The first-order chi connectivity index (χ1) is 16.3. The number of anilines is 1. The van der Waals surface area contributed by atoms with Crippen LogP contribution < -0.4 is 15.4 Å². The van der Waals surface area contributed by atoms with Crippen LogP contribution in [-0.4, -0.2) is 36.4 Å². The molecule has 7 nitrogen and oxygen atoms in total. The van der Waals surface area contributed by atoms with Crippen LogP contribution in [0.5, 0.6) is 5.75 Å². The minimum atomic E-state index is -1.38. The Bertz CT molecular complexity index is 1230. The third kappa shape index (κ3) is 4.61. The first kappa shape index (κ1) is 23.0. The van der Waals surface area contributed by atoms with Crippen molar-refractivity contribution in [1.82, 2.24) is 10.2 Å². The van der Waals surface area contributed by atoms with Crippen molar-refractivity contribution in [1.29, 1.82) is 0 Å². The third-order valence-corrected chi connectivity index (χ3v) is 5.80. The highest BCUT2D eigenvalue weighted by atomic mass is 19.1. The molecule has 0 aliphatic carbocycles. The summed E-state index contributed by atoms with van der Waals surface area (Å²) in [6, 6.07) is 19.7. The summed E-state index contributed by atoms with van der Waals surface area (Å²) in [5.74, 6) is -0.876. The highest BCUT2D eigenvalue weighted by molar-refractivity contribution is 6.10. The van der Waals surface area contributed by atoms with E-state index >= 15 is 0 Å². The van der Waals surface area contributed by atoms with E-state index in [0.717, 1.165) is 16.0 Å². The molecule has 4 rings (SSSR count). The molecular weight excluding hydrogens is 437 g/mol. The molecule has 1 aliphatic rings. The van der Waals surface area contributed by atoms with Gasteiger partial charge in [0, 0.05) is 17.7 Å². The number of carbonyl (C=O) groups excluding carboxylic acids is 3. The summed E-state index contributed by atoms with van der Waals surface area (Å²) in [4.78, 5) is 39.1. The standard InChI is InChI=1S/C26H24FN3O4/c1-26(19-8-10-20(27)11-9-19)24(32)30(25(33)29-26)16-23(31)28-21-12-13-22(34-2)18(15-21)14-17-6-4-3-5-7-17/h3-13,15H,14,16H2,1-2H3,(H,28,31)(H,29,33)/t26-/m1/s1. The average Bonchev–Trinajstić information content (AvgIpc) is 3.04. The number of hydrogen-bond donors (Lipinski definition) is 2. The van der Waals surface area contributed by atoms with Gasteiger partial charge in [0.25, 0.3) is 5.91 Å². The maximum atomic E-state index is 13.3. The van der Waals surface area contributed by atoms with Crippen LogP contribution in [0.1, 0.15) is 23.6 Å². The van der Waals surface area contributed by atoms with Crippen molar-refractivity contribution in [2.75, 3.05) is 19.0 Å². The van der Waals surface area contributed by atoms with Gasteiger partial charge in [0.1, 0.15) is 23.7 Å². The quantitative estimate of drug-likeness (QED) is 0.524. The molecule has 1 aliphatic heterocycles. The Morgan fingerprint density at radius 2 is 1.76 bits per heavy atom. The number of benzene rings is 3. The largest absolute Gasteiger partial charge is 0.496 e. The second kappa shape index (κ2) is 9.35. The third-order valence-electron chi connectivity index (χ3n) is 5.80. The summed E-state index contributed by atoms with van der Waals surface area (Å²) in [5.41, 5.74) is 1.53. The van der Waals surface area contributed by atoms with Crippen LogP contribution >= 0.6 is 0 Å². The van der Waals surface area contributed by atoms with Crippen molar-refractivity contribution in [2.45, 2.75) is 18.9 Å². The SMILES string of the molecule is COc1ccc(NC(=O)CN2C(=O)N[C@](C)(c3ccc(F)cc3)C2=O)cc1Cc1ccccc1. The van der Waals surface area contributed by atoms with Crippen molar-refractivity contribution in [2.24, 2.45) is 0 Å². The Balaban J connectivity index is 1.47. The molecule has 0 bridgehead atoms. The van der Waals surface area contributed by atoms with Crippen molar-refractivity contribution in [3.8, 4) is 5.75 Å². The molecule has 3 aromatic rings. The first-order valence-corrected chi connectivity index (χ1v) is 10.7. The highest BCUT2D eigenvalue weighted by Gasteiger charge is 2.49. The molecule has 2 N–H and O–H groups in total. The number of imide groups is 1. The molecule has 0 radical (unpaired) electrons. The number of methoxy groups -OCH3 is 1. The van der Waals surface area contributed by atoms with Gasteiger partial charge in [0.15, 0.2) is 0 Å². The van der Waals surface area contributed by atoms with Crippen molar-refractivity contribution < 1.29 is 23.5 Å². The molecule has 0 aromatic heterocycles. The van der Waals surface area contributed by atoms with E-state index in [4.69, 9.17) is 4.74 Å². The van der Waals surface area contributed by atoms with Crippen LogP contribution in [0.4, 0.5) is 14.9 Å². The number of amides is 4. The van der Waals surface area contributed by atoms with Gasteiger partial charge in [-0.1, -0.05) is 42.5 Å². The number of ether oxygens (including phenoxy) is 1. The van der Waals surface area contributed by atoms with Crippen LogP contribution in [0.25, 0.3) is 0 Å². The van der Waals surface area contributed by atoms with E-state index in [1.54, 1.807) is 25.3 Å². The van der Waals surface area contributed by atoms with Gasteiger partial charge in [-0.05, 0) is 48.4 Å². The fourth-order valence-electron chi connectivity index (χ4n) is 3.97. The zero-order chi connectivity index (χ0) is 24.3. The van der Waals surface area contributed by atoms with Gasteiger partial charge < -0.3 is 15.4 Å². The number of carbonyl (C=O) groups is 3. The molecule has 0 unspecified atom stereocenters. The van der Waals surface area contributed by atoms with Crippen LogP contribution in [0.2, 0.25) is 0 Å². The maximum absolute atomic E-state index is 13.3. The van der Waals surface area contributed by atoms with Crippen molar-refractivity contribution >= 4 is 23.5 Å². The Hall–Kier alpha value is -4.20. The van der Waals surface area contributed by atoms with Crippen LogP contribution in [-0.2, 0) is 21.5 Å². The van der Waals surface area contributed by atoms with Crippen LogP contribution in [0.3, 0.4) is 0 Å². The lowest BCUT2D eigenvalue weighted by Crippen LogP contribution is -2.42. The average molecular weight is 461 g/mol. The van der Waals surface area contributed by atoms with Gasteiger partial charge in [-0.15, -0.1) is 0 Å². The lowest BCUT2D eigenvalue weighted by molar-refractivity contribution is -0.133. The van der Waals surface area contributed by atoms with Crippen molar-refractivity contribution in [3.05, 3.63) is 95.3 Å². The van der Waals surface area contributed by atoms with Gasteiger partial charge in [-0.3, -0.25) is 14.5 Å². The normalized spacial score (nSPS) is 17.4. The van der Waals surface area contributed by atoms with Gasteiger partial charge in [0.05, 0.1) is 7.11 Å². The molecule has 3 aromatic carbocycles. The summed E-state index contributed by atoms with van der Waals surface area (Å²) in [6.45, 7) is 1.07. The summed E-state index contributed by atoms with van der Waals surface area (Å²) in [6.07, 6.45) is 0.608. The second-order valence-corrected chi connectivity index (χ2v) is 8.19. The van der Waals surface area contributed by atoms with E-state index in [2.05, 4.69) is 10.6 Å². The van der Waals surface area contributed by atoms with E-state index in [9.17, 15) is 18.8 Å². The second-order valence-electron chi connectivity index (χ2n) is 8.19. The monoisotopic (exact) mass is 461 g/mol. The molecule has 0 spiro atoms. The predicted molar refractivity (Wildman–Crippen MR) is 125 cm³/mol. The molecule has 4 amide bonds. The summed E-state index contributed by atoms with van der Waals surface area (Å²) < 4.78 is 18.7. The smallest absolute Gasteiger partial charge is 0.325 e. The number of hydrogen-bond acceptors (Lipinski definition) is 4. The van der Waals surface area contributed by atoms with E-state index in [1.807, 2.05) is 30.3 Å². The number of rotatable bonds is 7. The Morgan fingerprint density at radius 1 is 1.06 bits per heavy atom. The first-order valence-electron chi connectivity index (χ1n) is 10.7. The Morgan fingerprint density at radius 3 is 2.44 bits per heavy atom. The molecule has 1 saturated heterocycles. The minimum absolute atomic E-state index is 0.427. The zero-order valence-electron chi connectivity index (χ0n) is 18.8. The molecule has 174 valence electrons. The van der Waals surface area contributed by atoms with Gasteiger partial charge in [-0.2, -0.15) is 0 Å². The van der Waals surface area contributed by atoms with E-state index in [0.29, 0.717) is 23.4 Å². The molecule has 1 heterocycles. The van der Waals surface area contributed by atoms with Gasteiger partial charge in [0.2, 0.25) is 5.91 Å². The Kier molecular flexibility index (Phi) is 6.32. The van der Waals surface area contributed by atoms with E-state index in [-0.39, 0.29) is 0 Å². The lowest BCUT2D eigenvalue weighted by atomic mass is 9.92. The number of urea groups is 1. The zero-order valence-corrected chi connectivity index (χ0v) is 18.8. The van der Waals surface area contributed by atoms with Gasteiger partial charge >= 0.3 is 6.03 Å². The number of halogens is 1. The number of nitrogens with zero attached hydrogens (tertiary/aromatic N) is 1. The minimum Gasteiger partial charge on any atom is -0.496 e. The van der Waals surface area contributed by atoms with Crippen LogP contribution in [0, 0.1) is 5.82 Å². The highest BCUT2D eigenvalue weighted by Crippen LogP contribution is 2.29. The topological polar surface area (TPSA) is 87.7 Å². The van der Waals surface area contributed by atoms with E-state index < -0.39 is 35.7 Å². The Labute approximate surface area is 196 Å². The molecule has 0 saturated carbocycles. The lowest BCUT2D eigenvalue weighted by Gasteiger charge is -2.22.